The molecule has 0 fully saturated rings. The highest BCUT2D eigenvalue weighted by Gasteiger charge is 2.02. The molecule has 0 spiro atoms. The van der Waals surface area contributed by atoms with Crippen LogP contribution in [0.15, 0.2) is 72.1 Å². The van der Waals surface area contributed by atoms with Gasteiger partial charge in [0.25, 0.3) is 0 Å². The fraction of sp³-hybridized carbons (Fsp3) is 0.0667. The van der Waals surface area contributed by atoms with Crippen molar-refractivity contribution in [3.8, 4) is 5.69 Å². The van der Waals surface area contributed by atoms with Gasteiger partial charge in [-0.05, 0) is 24.3 Å². The zero-order chi connectivity index (χ0) is 12.9. The molecule has 0 bridgehead atoms. The molecule has 94 valence electrons. The van der Waals surface area contributed by atoms with Crippen molar-refractivity contribution < 1.29 is 0 Å². The minimum absolute atomic E-state index is 0.879. The standard InChI is InChI=1S/C15H13N3S/c1-2-6-14(7-3-1)18-11-13(10-17-18)12-19-15-8-4-5-9-16-15/h1-11H,12H2. The third kappa shape index (κ3) is 3.03. The Morgan fingerprint density at radius 2 is 1.84 bits per heavy atom. The molecule has 0 aliphatic rings. The molecule has 0 saturated heterocycles. The predicted octanol–water partition coefficient (Wildman–Crippen LogP) is 3.56. The van der Waals surface area contributed by atoms with Gasteiger partial charge in [0.05, 0.1) is 16.9 Å². The zero-order valence-corrected chi connectivity index (χ0v) is 11.1. The smallest absolute Gasteiger partial charge is 0.0963 e. The van der Waals surface area contributed by atoms with Crippen molar-refractivity contribution in [1.82, 2.24) is 14.8 Å². The van der Waals surface area contributed by atoms with Crippen LogP contribution in [0, 0.1) is 0 Å². The van der Waals surface area contributed by atoms with Crippen LogP contribution in [-0.2, 0) is 5.75 Å². The van der Waals surface area contributed by atoms with Gasteiger partial charge in [0.2, 0.25) is 0 Å². The summed E-state index contributed by atoms with van der Waals surface area (Å²) in [5, 5.41) is 5.42. The van der Waals surface area contributed by atoms with E-state index in [0.717, 1.165) is 16.5 Å². The molecule has 0 unspecified atom stereocenters. The first-order valence-corrected chi connectivity index (χ1v) is 7.03. The van der Waals surface area contributed by atoms with E-state index in [2.05, 4.69) is 16.3 Å². The second-order valence-electron chi connectivity index (χ2n) is 4.09. The molecular weight excluding hydrogens is 254 g/mol. The number of benzene rings is 1. The van der Waals surface area contributed by atoms with Crippen molar-refractivity contribution in [3.63, 3.8) is 0 Å². The van der Waals surface area contributed by atoms with Crippen LogP contribution in [0.25, 0.3) is 5.69 Å². The average molecular weight is 267 g/mol. The normalized spacial score (nSPS) is 10.5. The maximum Gasteiger partial charge on any atom is 0.0963 e. The molecule has 0 radical (unpaired) electrons. The van der Waals surface area contributed by atoms with Gasteiger partial charge < -0.3 is 0 Å². The molecule has 4 heteroatoms. The molecule has 0 aliphatic heterocycles. The molecule has 0 saturated carbocycles. The maximum atomic E-state index is 4.38. The molecule has 3 aromatic rings. The Bertz CT molecular complexity index is 635. The predicted molar refractivity (Wildman–Crippen MR) is 77.4 cm³/mol. The van der Waals surface area contributed by atoms with Crippen molar-refractivity contribution in [1.29, 1.82) is 0 Å². The molecule has 2 aromatic heterocycles. The van der Waals surface area contributed by atoms with Crippen LogP contribution < -0.4 is 0 Å². The number of hydrogen-bond acceptors (Lipinski definition) is 3. The minimum atomic E-state index is 0.879. The molecule has 0 N–H and O–H groups in total. The van der Waals surface area contributed by atoms with Crippen LogP contribution in [0.3, 0.4) is 0 Å². The van der Waals surface area contributed by atoms with Gasteiger partial charge in [0.1, 0.15) is 0 Å². The van der Waals surface area contributed by atoms with Crippen molar-refractivity contribution in [2.24, 2.45) is 0 Å². The van der Waals surface area contributed by atoms with Crippen LogP contribution in [0.4, 0.5) is 0 Å². The topological polar surface area (TPSA) is 30.7 Å². The van der Waals surface area contributed by atoms with E-state index >= 15 is 0 Å². The van der Waals surface area contributed by atoms with Crippen LogP contribution >= 0.6 is 11.8 Å². The van der Waals surface area contributed by atoms with Crippen LogP contribution in [0.5, 0.6) is 0 Å². The van der Waals surface area contributed by atoms with Gasteiger partial charge in [-0.3, -0.25) is 0 Å². The lowest BCUT2D eigenvalue weighted by Crippen LogP contribution is -1.92. The molecule has 2 heterocycles. The fourth-order valence-electron chi connectivity index (χ4n) is 1.75. The van der Waals surface area contributed by atoms with Gasteiger partial charge in [-0.15, -0.1) is 11.8 Å². The first kappa shape index (κ1) is 12.0. The molecule has 0 aliphatic carbocycles. The second kappa shape index (κ2) is 5.71. The Labute approximate surface area is 116 Å². The van der Waals surface area contributed by atoms with Crippen molar-refractivity contribution in [2.75, 3.05) is 0 Å². The Morgan fingerprint density at radius 1 is 1.00 bits per heavy atom. The lowest BCUT2D eigenvalue weighted by molar-refractivity contribution is 0.880. The van der Waals surface area contributed by atoms with Crippen LogP contribution in [0.2, 0.25) is 0 Å². The highest BCUT2D eigenvalue weighted by molar-refractivity contribution is 7.98. The highest BCUT2D eigenvalue weighted by Crippen LogP contribution is 2.20. The summed E-state index contributed by atoms with van der Waals surface area (Å²) in [5.74, 6) is 0.879. The summed E-state index contributed by atoms with van der Waals surface area (Å²) in [5.41, 5.74) is 2.27. The van der Waals surface area contributed by atoms with E-state index in [0.29, 0.717) is 0 Å². The van der Waals surface area contributed by atoms with Crippen molar-refractivity contribution >= 4 is 11.8 Å². The number of nitrogens with zero attached hydrogens (tertiary/aromatic N) is 3. The lowest BCUT2D eigenvalue weighted by Gasteiger charge is -1.99. The van der Waals surface area contributed by atoms with Gasteiger partial charge in [0.15, 0.2) is 0 Å². The number of pyridine rings is 1. The summed E-state index contributed by atoms with van der Waals surface area (Å²) in [6, 6.07) is 16.1. The maximum absolute atomic E-state index is 4.38. The highest BCUT2D eigenvalue weighted by atomic mass is 32.2. The number of aromatic nitrogens is 3. The quantitative estimate of drug-likeness (QED) is 0.677. The molecule has 1 aromatic carbocycles. The number of thioether (sulfide) groups is 1. The van der Waals surface area contributed by atoms with Gasteiger partial charge in [-0.25, -0.2) is 9.67 Å². The van der Waals surface area contributed by atoms with Crippen molar-refractivity contribution in [2.45, 2.75) is 10.8 Å². The summed E-state index contributed by atoms with van der Waals surface area (Å²) in [4.78, 5) is 4.29. The van der Waals surface area contributed by atoms with Gasteiger partial charge in [-0.1, -0.05) is 24.3 Å². The third-order valence-corrected chi connectivity index (χ3v) is 3.70. The first-order valence-electron chi connectivity index (χ1n) is 6.04. The molecule has 0 atom stereocenters. The summed E-state index contributed by atoms with van der Waals surface area (Å²) < 4.78 is 1.90. The molecule has 19 heavy (non-hydrogen) atoms. The Kier molecular flexibility index (Phi) is 3.61. The van der Waals surface area contributed by atoms with E-state index in [-0.39, 0.29) is 0 Å². The average Bonchev–Trinajstić information content (AvgIpc) is 2.96. The SMILES string of the molecule is c1ccc(-n2cc(CSc3ccccn3)cn2)cc1. The number of hydrogen-bond donors (Lipinski definition) is 0. The summed E-state index contributed by atoms with van der Waals surface area (Å²) in [6.07, 6.45) is 5.78. The van der Waals surface area contributed by atoms with Gasteiger partial charge in [-0.2, -0.15) is 5.10 Å². The minimum Gasteiger partial charge on any atom is -0.250 e. The second-order valence-corrected chi connectivity index (χ2v) is 5.08. The van der Waals surface area contributed by atoms with Gasteiger partial charge >= 0.3 is 0 Å². The summed E-state index contributed by atoms with van der Waals surface area (Å²) in [6.45, 7) is 0. The molecule has 0 amide bonds. The third-order valence-electron chi connectivity index (χ3n) is 2.68. The van der Waals surface area contributed by atoms with E-state index in [1.807, 2.05) is 65.6 Å². The zero-order valence-electron chi connectivity index (χ0n) is 10.3. The van der Waals surface area contributed by atoms with Crippen LogP contribution in [-0.4, -0.2) is 14.8 Å². The van der Waals surface area contributed by atoms with Crippen LogP contribution in [0.1, 0.15) is 5.56 Å². The molecule has 3 nitrogen and oxygen atoms in total. The lowest BCUT2D eigenvalue weighted by atomic mass is 10.3. The molecule has 3 rings (SSSR count). The number of para-hydroxylation sites is 1. The summed E-state index contributed by atoms with van der Waals surface area (Å²) in [7, 11) is 0. The van der Waals surface area contributed by atoms with E-state index < -0.39 is 0 Å². The Balaban J connectivity index is 1.69. The summed E-state index contributed by atoms with van der Waals surface area (Å²) >= 11 is 1.72. The fourth-order valence-corrected chi connectivity index (χ4v) is 2.52. The van der Waals surface area contributed by atoms with E-state index in [9.17, 15) is 0 Å². The van der Waals surface area contributed by atoms with Crippen molar-refractivity contribution in [3.05, 3.63) is 72.7 Å². The Morgan fingerprint density at radius 3 is 2.63 bits per heavy atom. The molecular formula is C15H13N3S. The van der Waals surface area contributed by atoms with E-state index in [1.165, 1.54) is 5.56 Å². The van der Waals surface area contributed by atoms with E-state index in [1.54, 1.807) is 11.8 Å². The Hall–Kier alpha value is -2.07. The monoisotopic (exact) mass is 267 g/mol. The van der Waals surface area contributed by atoms with E-state index in [4.69, 9.17) is 0 Å². The largest absolute Gasteiger partial charge is 0.250 e. The first-order chi connectivity index (χ1) is 9.42. The van der Waals surface area contributed by atoms with Gasteiger partial charge in [0, 0.05) is 23.7 Å². The number of rotatable bonds is 4.